The third-order valence-corrected chi connectivity index (χ3v) is 6.18. The molecule has 1 aliphatic carbocycles. The number of nitrogens with zero attached hydrogens (tertiary/aromatic N) is 3. The zero-order valence-electron chi connectivity index (χ0n) is 14.0. The molecule has 0 unspecified atom stereocenters. The van der Waals surface area contributed by atoms with Crippen molar-refractivity contribution >= 4 is 17.2 Å². The predicted octanol–water partition coefficient (Wildman–Crippen LogP) is 2.90. The monoisotopic (exact) mass is 341 g/mol. The van der Waals surface area contributed by atoms with E-state index in [2.05, 4.69) is 39.9 Å². The average molecular weight is 341 g/mol. The standard InChI is InChI=1S/C19H23N3OS/c1-14-4-5-18(24-14)16-11-17(16)19(23)22-9-7-21(8-10-22)13-15-3-2-6-20-12-15/h2-6,12,16-17H,7-11,13H2,1H3/t16-,17-/m1/s1. The third-order valence-electron chi connectivity index (χ3n) is 5.05. The molecule has 0 radical (unpaired) electrons. The van der Waals surface area contributed by atoms with Gasteiger partial charge in [-0.2, -0.15) is 0 Å². The van der Waals surface area contributed by atoms with Crippen molar-refractivity contribution < 1.29 is 4.79 Å². The fourth-order valence-electron chi connectivity index (χ4n) is 3.55. The molecule has 24 heavy (non-hydrogen) atoms. The largest absolute Gasteiger partial charge is 0.340 e. The molecule has 0 bridgehead atoms. The number of hydrogen-bond acceptors (Lipinski definition) is 4. The van der Waals surface area contributed by atoms with Crippen LogP contribution in [-0.4, -0.2) is 46.9 Å². The summed E-state index contributed by atoms with van der Waals surface area (Å²) in [5.41, 5.74) is 1.24. The first kappa shape index (κ1) is 15.8. The number of amides is 1. The summed E-state index contributed by atoms with van der Waals surface area (Å²) in [5, 5.41) is 0. The van der Waals surface area contributed by atoms with Crippen LogP contribution in [0.3, 0.4) is 0 Å². The summed E-state index contributed by atoms with van der Waals surface area (Å²) in [6.45, 7) is 6.68. The van der Waals surface area contributed by atoms with Crippen molar-refractivity contribution in [2.45, 2.75) is 25.8 Å². The SMILES string of the molecule is Cc1ccc([C@@H]2C[C@H]2C(=O)N2CCN(Cc3cccnc3)CC2)s1. The second-order valence-electron chi connectivity index (χ2n) is 6.86. The second-order valence-corrected chi connectivity index (χ2v) is 8.18. The smallest absolute Gasteiger partial charge is 0.226 e. The van der Waals surface area contributed by atoms with Crippen LogP contribution >= 0.6 is 11.3 Å². The van der Waals surface area contributed by atoms with Crippen molar-refractivity contribution in [1.29, 1.82) is 0 Å². The van der Waals surface area contributed by atoms with Gasteiger partial charge in [0, 0.05) is 66.7 Å². The second kappa shape index (κ2) is 6.65. The van der Waals surface area contributed by atoms with E-state index >= 15 is 0 Å². The Labute approximate surface area is 147 Å². The maximum atomic E-state index is 12.7. The van der Waals surface area contributed by atoms with E-state index in [-0.39, 0.29) is 5.92 Å². The molecule has 0 spiro atoms. The Kier molecular flexibility index (Phi) is 4.37. The number of aromatic nitrogens is 1. The van der Waals surface area contributed by atoms with E-state index in [4.69, 9.17) is 0 Å². The Balaban J connectivity index is 1.28. The highest BCUT2D eigenvalue weighted by Crippen LogP contribution is 2.50. The molecule has 2 aromatic heterocycles. The van der Waals surface area contributed by atoms with Gasteiger partial charge in [-0.25, -0.2) is 0 Å². The molecule has 2 atom stereocenters. The van der Waals surface area contributed by atoms with Crippen molar-refractivity contribution in [2.75, 3.05) is 26.2 Å². The Bertz CT molecular complexity index is 706. The van der Waals surface area contributed by atoms with E-state index in [0.29, 0.717) is 11.8 Å². The minimum Gasteiger partial charge on any atom is -0.340 e. The first-order valence-electron chi connectivity index (χ1n) is 8.67. The number of thiophene rings is 1. The van der Waals surface area contributed by atoms with Crippen LogP contribution in [-0.2, 0) is 11.3 Å². The van der Waals surface area contributed by atoms with E-state index in [9.17, 15) is 4.79 Å². The van der Waals surface area contributed by atoms with Gasteiger partial charge in [0.1, 0.15) is 0 Å². The normalized spacial score (nSPS) is 24.1. The van der Waals surface area contributed by atoms with E-state index in [1.54, 1.807) is 6.20 Å². The minimum absolute atomic E-state index is 0.230. The maximum Gasteiger partial charge on any atom is 0.226 e. The molecular weight excluding hydrogens is 318 g/mol. The molecule has 0 aromatic carbocycles. The molecule has 2 aromatic rings. The molecule has 4 rings (SSSR count). The van der Waals surface area contributed by atoms with Gasteiger partial charge >= 0.3 is 0 Å². The summed E-state index contributed by atoms with van der Waals surface area (Å²) in [6.07, 6.45) is 4.77. The molecule has 1 saturated heterocycles. The van der Waals surface area contributed by atoms with Crippen LogP contribution in [0, 0.1) is 12.8 Å². The fourth-order valence-corrected chi connectivity index (χ4v) is 4.60. The van der Waals surface area contributed by atoms with Crippen LogP contribution in [0.15, 0.2) is 36.7 Å². The quantitative estimate of drug-likeness (QED) is 0.858. The topological polar surface area (TPSA) is 36.4 Å². The zero-order valence-corrected chi connectivity index (χ0v) is 14.8. The molecule has 0 N–H and O–H groups in total. The van der Waals surface area contributed by atoms with Crippen molar-refractivity contribution in [3.8, 4) is 0 Å². The fraction of sp³-hybridized carbons (Fsp3) is 0.474. The molecule has 1 amide bonds. The highest BCUT2D eigenvalue weighted by Gasteiger charge is 2.46. The first-order chi connectivity index (χ1) is 11.7. The molecule has 126 valence electrons. The summed E-state index contributed by atoms with van der Waals surface area (Å²) in [4.78, 5) is 24.1. The molecule has 2 fully saturated rings. The number of rotatable bonds is 4. The van der Waals surface area contributed by atoms with Gasteiger partial charge in [-0.05, 0) is 37.1 Å². The van der Waals surface area contributed by atoms with Gasteiger partial charge in [-0.3, -0.25) is 14.7 Å². The molecule has 2 aliphatic rings. The lowest BCUT2D eigenvalue weighted by atomic mass is 10.2. The highest BCUT2D eigenvalue weighted by atomic mass is 32.1. The van der Waals surface area contributed by atoms with Gasteiger partial charge in [-0.1, -0.05) is 6.07 Å². The highest BCUT2D eigenvalue weighted by molar-refractivity contribution is 7.12. The lowest BCUT2D eigenvalue weighted by Crippen LogP contribution is -2.48. The molecule has 1 aliphatic heterocycles. The van der Waals surface area contributed by atoms with Gasteiger partial charge in [0.15, 0.2) is 0 Å². The number of carbonyl (C=O) groups is 1. The summed E-state index contributed by atoms with van der Waals surface area (Å²) < 4.78 is 0. The van der Waals surface area contributed by atoms with E-state index in [1.165, 1.54) is 15.3 Å². The van der Waals surface area contributed by atoms with Crippen LogP contribution in [0.25, 0.3) is 0 Å². The van der Waals surface area contributed by atoms with Gasteiger partial charge < -0.3 is 4.90 Å². The van der Waals surface area contributed by atoms with E-state index in [0.717, 1.165) is 39.1 Å². The first-order valence-corrected chi connectivity index (χ1v) is 9.49. The van der Waals surface area contributed by atoms with E-state index in [1.807, 2.05) is 23.6 Å². The van der Waals surface area contributed by atoms with Crippen molar-refractivity contribution in [3.63, 3.8) is 0 Å². The van der Waals surface area contributed by atoms with Crippen LogP contribution in [0.4, 0.5) is 0 Å². The van der Waals surface area contributed by atoms with Gasteiger partial charge in [-0.15, -0.1) is 11.3 Å². The van der Waals surface area contributed by atoms with Crippen molar-refractivity contribution in [1.82, 2.24) is 14.8 Å². The molecular formula is C19H23N3OS. The Morgan fingerprint density at radius 3 is 2.75 bits per heavy atom. The van der Waals surface area contributed by atoms with Crippen LogP contribution in [0.1, 0.15) is 27.7 Å². The Morgan fingerprint density at radius 2 is 2.08 bits per heavy atom. The minimum atomic E-state index is 0.230. The van der Waals surface area contributed by atoms with Crippen LogP contribution < -0.4 is 0 Å². The van der Waals surface area contributed by atoms with Gasteiger partial charge in [0.2, 0.25) is 5.91 Å². The molecule has 5 heteroatoms. The number of pyridine rings is 1. The lowest BCUT2D eigenvalue weighted by molar-refractivity contribution is -0.134. The summed E-state index contributed by atoms with van der Waals surface area (Å²) in [7, 11) is 0. The maximum absolute atomic E-state index is 12.7. The number of hydrogen-bond donors (Lipinski definition) is 0. The van der Waals surface area contributed by atoms with Crippen LogP contribution in [0.2, 0.25) is 0 Å². The summed E-state index contributed by atoms with van der Waals surface area (Å²) in [6, 6.07) is 8.46. The summed E-state index contributed by atoms with van der Waals surface area (Å²) >= 11 is 1.84. The van der Waals surface area contributed by atoms with Gasteiger partial charge in [0.05, 0.1) is 0 Å². The number of piperazine rings is 1. The molecule has 1 saturated carbocycles. The number of aryl methyl sites for hydroxylation is 1. The third kappa shape index (κ3) is 3.37. The van der Waals surface area contributed by atoms with E-state index < -0.39 is 0 Å². The summed E-state index contributed by atoms with van der Waals surface area (Å²) in [5.74, 6) is 1.07. The van der Waals surface area contributed by atoms with Crippen LogP contribution in [0.5, 0.6) is 0 Å². The molecule has 3 heterocycles. The predicted molar refractivity (Wildman–Crippen MR) is 96.0 cm³/mol. The number of carbonyl (C=O) groups excluding carboxylic acids is 1. The van der Waals surface area contributed by atoms with Crippen molar-refractivity contribution in [2.24, 2.45) is 5.92 Å². The van der Waals surface area contributed by atoms with Gasteiger partial charge in [0.25, 0.3) is 0 Å². The van der Waals surface area contributed by atoms with Crippen molar-refractivity contribution in [3.05, 3.63) is 52.0 Å². The lowest BCUT2D eigenvalue weighted by Gasteiger charge is -2.35. The Hall–Kier alpha value is -1.72. The zero-order chi connectivity index (χ0) is 16.5. The average Bonchev–Trinajstić information content (AvgIpc) is 3.30. The Morgan fingerprint density at radius 1 is 1.25 bits per heavy atom. The molecule has 4 nitrogen and oxygen atoms in total.